The molecule has 3 nitrogen and oxygen atoms in total. The number of nitrogens with one attached hydrogen (secondary N) is 2. The molecule has 1 aromatic carbocycles. The van der Waals surface area contributed by atoms with Gasteiger partial charge in [0.2, 0.25) is 0 Å². The number of hydrogen-bond donors (Lipinski definition) is 2. The predicted molar refractivity (Wildman–Crippen MR) is 64.4 cm³/mol. The molecule has 2 heterocycles. The summed E-state index contributed by atoms with van der Waals surface area (Å²) in [5, 5.41) is 1.28. The maximum Gasteiger partial charge on any atom is 0.0921 e. The van der Waals surface area contributed by atoms with Crippen molar-refractivity contribution >= 4 is 10.9 Å². The van der Waals surface area contributed by atoms with Gasteiger partial charge in [-0.05, 0) is 11.6 Å². The number of para-hydroxylation sites is 1. The summed E-state index contributed by atoms with van der Waals surface area (Å²) >= 11 is 0. The molecule has 0 fully saturated rings. The number of imidazole rings is 1. The molecule has 3 heteroatoms. The van der Waals surface area contributed by atoms with Crippen LogP contribution in [0.3, 0.4) is 0 Å². The van der Waals surface area contributed by atoms with Crippen molar-refractivity contribution in [2.75, 3.05) is 0 Å². The van der Waals surface area contributed by atoms with Crippen LogP contribution in [0.5, 0.6) is 0 Å². The molecule has 0 aliphatic rings. The number of benzene rings is 1. The first-order chi connectivity index (χ1) is 7.86. The minimum Gasteiger partial charge on any atom is -0.361 e. The van der Waals surface area contributed by atoms with Crippen LogP contribution >= 0.6 is 0 Å². The number of fused-ring (bicyclic) bond motifs is 1. The second-order valence-corrected chi connectivity index (χ2v) is 4.02. The number of nitrogens with zero attached hydrogens (tertiary/aromatic N) is 1. The SMILES string of the molecule is CC(c1cnc[nH]1)c1c[nH]c2ccccc12. The summed E-state index contributed by atoms with van der Waals surface area (Å²) in [6.45, 7) is 2.18. The molecule has 3 rings (SSSR count). The van der Waals surface area contributed by atoms with E-state index in [0.29, 0.717) is 5.92 Å². The third-order valence-electron chi connectivity index (χ3n) is 3.07. The molecule has 1 atom stereocenters. The topological polar surface area (TPSA) is 44.5 Å². The van der Waals surface area contributed by atoms with E-state index < -0.39 is 0 Å². The second kappa shape index (κ2) is 3.52. The van der Waals surface area contributed by atoms with Crippen molar-refractivity contribution in [3.05, 3.63) is 54.2 Å². The Labute approximate surface area is 93.5 Å². The normalized spacial score (nSPS) is 13.1. The largest absolute Gasteiger partial charge is 0.361 e. The Morgan fingerprint density at radius 1 is 1.19 bits per heavy atom. The molecule has 0 radical (unpaired) electrons. The Morgan fingerprint density at radius 2 is 2.06 bits per heavy atom. The molecule has 2 aromatic heterocycles. The Bertz CT molecular complexity index is 592. The first-order valence-corrected chi connectivity index (χ1v) is 5.40. The van der Waals surface area contributed by atoms with E-state index in [1.165, 1.54) is 16.5 Å². The van der Waals surface area contributed by atoms with Crippen LogP contribution in [0.1, 0.15) is 24.1 Å². The van der Waals surface area contributed by atoms with Crippen LogP contribution in [-0.2, 0) is 0 Å². The van der Waals surface area contributed by atoms with Gasteiger partial charge in [0.05, 0.1) is 6.33 Å². The Hall–Kier alpha value is -2.03. The lowest BCUT2D eigenvalue weighted by Crippen LogP contribution is -1.94. The summed E-state index contributed by atoms with van der Waals surface area (Å²) in [5.74, 6) is 0.332. The number of aromatic nitrogens is 3. The van der Waals surface area contributed by atoms with Crippen molar-refractivity contribution < 1.29 is 0 Å². The predicted octanol–water partition coefficient (Wildman–Crippen LogP) is 3.04. The summed E-state index contributed by atoms with van der Waals surface area (Å²) in [4.78, 5) is 10.5. The summed E-state index contributed by atoms with van der Waals surface area (Å²) in [7, 11) is 0. The highest BCUT2D eigenvalue weighted by molar-refractivity contribution is 5.83. The van der Waals surface area contributed by atoms with Gasteiger partial charge in [0.25, 0.3) is 0 Å². The lowest BCUT2D eigenvalue weighted by atomic mass is 9.98. The molecule has 3 aromatic rings. The molecule has 0 spiro atoms. The zero-order valence-corrected chi connectivity index (χ0v) is 9.07. The summed E-state index contributed by atoms with van der Waals surface area (Å²) in [6.07, 6.45) is 5.68. The maximum atomic E-state index is 4.07. The number of rotatable bonds is 2. The van der Waals surface area contributed by atoms with Crippen LogP contribution in [0.2, 0.25) is 0 Å². The molecule has 0 saturated heterocycles. The van der Waals surface area contributed by atoms with Crippen LogP contribution in [0.4, 0.5) is 0 Å². The van der Waals surface area contributed by atoms with Gasteiger partial charge in [-0.1, -0.05) is 25.1 Å². The number of H-pyrrole nitrogens is 2. The number of aromatic amines is 2. The molecule has 80 valence electrons. The van der Waals surface area contributed by atoms with Gasteiger partial charge in [0, 0.05) is 34.9 Å². The molecule has 0 aliphatic carbocycles. The molecular formula is C13H13N3. The van der Waals surface area contributed by atoms with E-state index in [2.05, 4.69) is 46.3 Å². The molecule has 1 unspecified atom stereocenters. The Balaban J connectivity index is 2.12. The van der Waals surface area contributed by atoms with E-state index in [1.807, 2.05) is 12.3 Å². The Morgan fingerprint density at radius 3 is 2.88 bits per heavy atom. The molecular weight excluding hydrogens is 198 g/mol. The van der Waals surface area contributed by atoms with Gasteiger partial charge >= 0.3 is 0 Å². The highest BCUT2D eigenvalue weighted by atomic mass is 14.9. The fourth-order valence-electron chi connectivity index (χ4n) is 2.12. The van der Waals surface area contributed by atoms with Crippen molar-refractivity contribution in [2.45, 2.75) is 12.8 Å². The first-order valence-electron chi connectivity index (χ1n) is 5.40. The molecule has 0 saturated carbocycles. The van der Waals surface area contributed by atoms with Gasteiger partial charge in [0.15, 0.2) is 0 Å². The second-order valence-electron chi connectivity index (χ2n) is 4.02. The zero-order chi connectivity index (χ0) is 11.0. The third kappa shape index (κ3) is 1.33. The van der Waals surface area contributed by atoms with Gasteiger partial charge in [0.1, 0.15) is 0 Å². The summed E-state index contributed by atoms with van der Waals surface area (Å²) in [6, 6.07) is 8.36. The minimum absolute atomic E-state index is 0.332. The average Bonchev–Trinajstić information content (AvgIpc) is 2.98. The highest BCUT2D eigenvalue weighted by Crippen LogP contribution is 2.28. The molecule has 0 amide bonds. The van der Waals surface area contributed by atoms with Gasteiger partial charge in [-0.15, -0.1) is 0 Å². The lowest BCUT2D eigenvalue weighted by Gasteiger charge is -2.07. The number of hydrogen-bond acceptors (Lipinski definition) is 1. The molecule has 0 aliphatic heterocycles. The van der Waals surface area contributed by atoms with Crippen LogP contribution in [0, 0.1) is 0 Å². The van der Waals surface area contributed by atoms with Crippen molar-refractivity contribution in [2.24, 2.45) is 0 Å². The smallest absolute Gasteiger partial charge is 0.0921 e. The van der Waals surface area contributed by atoms with Crippen LogP contribution in [0.15, 0.2) is 43.0 Å². The zero-order valence-electron chi connectivity index (χ0n) is 9.07. The molecule has 0 bridgehead atoms. The molecule has 16 heavy (non-hydrogen) atoms. The van der Waals surface area contributed by atoms with E-state index in [-0.39, 0.29) is 0 Å². The van der Waals surface area contributed by atoms with Gasteiger partial charge in [-0.25, -0.2) is 4.98 Å². The van der Waals surface area contributed by atoms with Gasteiger partial charge in [-0.3, -0.25) is 0 Å². The van der Waals surface area contributed by atoms with Gasteiger partial charge < -0.3 is 9.97 Å². The van der Waals surface area contributed by atoms with Crippen LogP contribution < -0.4 is 0 Å². The summed E-state index contributed by atoms with van der Waals surface area (Å²) < 4.78 is 0. The fourth-order valence-corrected chi connectivity index (χ4v) is 2.12. The quantitative estimate of drug-likeness (QED) is 0.672. The lowest BCUT2D eigenvalue weighted by molar-refractivity contribution is 0.891. The summed E-state index contributed by atoms with van der Waals surface area (Å²) in [5.41, 5.74) is 3.63. The van der Waals surface area contributed by atoms with Crippen molar-refractivity contribution in [1.82, 2.24) is 15.0 Å². The average molecular weight is 211 g/mol. The van der Waals surface area contributed by atoms with Crippen molar-refractivity contribution in [1.29, 1.82) is 0 Å². The standard InChI is InChI=1S/C13H13N3/c1-9(13-7-14-8-16-13)11-6-15-12-5-3-2-4-10(11)12/h2-9,15H,1H3,(H,14,16). The van der Waals surface area contributed by atoms with E-state index in [0.717, 1.165) is 5.69 Å². The van der Waals surface area contributed by atoms with Crippen LogP contribution in [-0.4, -0.2) is 15.0 Å². The van der Waals surface area contributed by atoms with Crippen molar-refractivity contribution in [3.63, 3.8) is 0 Å². The first kappa shape index (κ1) is 9.21. The minimum atomic E-state index is 0.332. The third-order valence-corrected chi connectivity index (χ3v) is 3.07. The van der Waals surface area contributed by atoms with E-state index in [4.69, 9.17) is 0 Å². The van der Waals surface area contributed by atoms with E-state index in [1.54, 1.807) is 6.33 Å². The van der Waals surface area contributed by atoms with Gasteiger partial charge in [-0.2, -0.15) is 0 Å². The van der Waals surface area contributed by atoms with E-state index >= 15 is 0 Å². The molecule has 2 N–H and O–H groups in total. The van der Waals surface area contributed by atoms with Crippen molar-refractivity contribution in [3.8, 4) is 0 Å². The van der Waals surface area contributed by atoms with E-state index in [9.17, 15) is 0 Å². The maximum absolute atomic E-state index is 4.07. The highest BCUT2D eigenvalue weighted by Gasteiger charge is 2.13. The Kier molecular flexibility index (Phi) is 2.03. The fraction of sp³-hybridized carbons (Fsp3) is 0.154. The monoisotopic (exact) mass is 211 g/mol. The van der Waals surface area contributed by atoms with Crippen LogP contribution in [0.25, 0.3) is 10.9 Å².